The Hall–Kier alpha value is -2.75. The zero-order valence-corrected chi connectivity index (χ0v) is 18.4. The summed E-state index contributed by atoms with van der Waals surface area (Å²) in [5.41, 5.74) is 0.601. The van der Waals surface area contributed by atoms with Crippen molar-refractivity contribution < 1.29 is 27.5 Å². The summed E-state index contributed by atoms with van der Waals surface area (Å²) in [7, 11) is -3.99. The maximum absolute atomic E-state index is 12.6. The molecule has 2 aromatic carbocycles. The molecule has 31 heavy (non-hydrogen) atoms. The molecule has 1 unspecified atom stereocenters. The first-order valence-corrected chi connectivity index (χ1v) is 11.4. The van der Waals surface area contributed by atoms with Crippen LogP contribution in [-0.4, -0.2) is 50.3 Å². The van der Waals surface area contributed by atoms with Crippen LogP contribution in [0, 0.1) is 5.92 Å². The number of carbonyl (C=O) groups excluding carboxylic acids is 3. The predicted molar refractivity (Wildman–Crippen MR) is 113 cm³/mol. The van der Waals surface area contributed by atoms with Crippen LogP contribution in [-0.2, 0) is 19.6 Å². The van der Waals surface area contributed by atoms with Crippen LogP contribution in [0.15, 0.2) is 53.4 Å². The normalized spacial score (nSPS) is 14.6. The van der Waals surface area contributed by atoms with E-state index in [1.54, 1.807) is 38.1 Å². The molecule has 0 aromatic heterocycles. The zero-order valence-electron chi connectivity index (χ0n) is 16.9. The Balaban J connectivity index is 1.62. The maximum atomic E-state index is 12.6. The van der Waals surface area contributed by atoms with E-state index >= 15 is 0 Å². The second-order valence-electron chi connectivity index (χ2n) is 7.27. The largest absolute Gasteiger partial charge is 0.463 e. The molecule has 1 N–H and O–H groups in total. The number of imide groups is 1. The molecule has 0 saturated carbocycles. The van der Waals surface area contributed by atoms with Crippen LogP contribution in [0.5, 0.6) is 0 Å². The monoisotopic (exact) mass is 464 g/mol. The van der Waals surface area contributed by atoms with Gasteiger partial charge in [-0.3, -0.25) is 19.3 Å². The summed E-state index contributed by atoms with van der Waals surface area (Å²) in [6.07, 6.45) is 0. The molecule has 0 spiro atoms. The molecule has 2 amide bonds. The lowest BCUT2D eigenvalue weighted by molar-refractivity contribution is -0.147. The number of amides is 2. The summed E-state index contributed by atoms with van der Waals surface area (Å²) in [4.78, 5) is 38.2. The van der Waals surface area contributed by atoms with Crippen molar-refractivity contribution in [3.63, 3.8) is 0 Å². The molecule has 10 heteroatoms. The molecule has 1 aliphatic heterocycles. The number of hydrogen-bond donors (Lipinski definition) is 1. The third-order valence-corrected chi connectivity index (χ3v) is 6.47. The first kappa shape index (κ1) is 22.9. The number of sulfonamides is 1. The number of rotatable bonds is 8. The molecular weight excluding hydrogens is 444 g/mol. The van der Waals surface area contributed by atoms with Gasteiger partial charge in [0.05, 0.1) is 22.6 Å². The van der Waals surface area contributed by atoms with Gasteiger partial charge in [0.1, 0.15) is 12.6 Å². The first-order valence-electron chi connectivity index (χ1n) is 9.51. The van der Waals surface area contributed by atoms with Gasteiger partial charge in [-0.25, -0.2) is 8.42 Å². The SMILES string of the molecule is CC(C)C(NS(=O)(=O)c1ccc(Cl)cc1)C(=O)OCCN1C(=O)c2ccccc2C1=O. The Morgan fingerprint density at radius 2 is 1.58 bits per heavy atom. The van der Waals surface area contributed by atoms with E-state index in [0.717, 1.165) is 4.90 Å². The van der Waals surface area contributed by atoms with E-state index in [-0.39, 0.29) is 18.0 Å². The molecular formula is C21H21ClN2O6S. The van der Waals surface area contributed by atoms with Crippen molar-refractivity contribution in [3.05, 3.63) is 64.7 Å². The number of hydrogen-bond acceptors (Lipinski definition) is 6. The van der Waals surface area contributed by atoms with Crippen molar-refractivity contribution >= 4 is 39.4 Å². The van der Waals surface area contributed by atoms with Crippen LogP contribution in [0.4, 0.5) is 0 Å². The van der Waals surface area contributed by atoms with E-state index in [4.69, 9.17) is 16.3 Å². The molecule has 0 saturated heterocycles. The topological polar surface area (TPSA) is 110 Å². The highest BCUT2D eigenvalue weighted by Crippen LogP contribution is 2.22. The predicted octanol–water partition coefficient (Wildman–Crippen LogP) is 2.48. The minimum atomic E-state index is -3.99. The van der Waals surface area contributed by atoms with Crippen LogP contribution >= 0.6 is 11.6 Å². The van der Waals surface area contributed by atoms with Gasteiger partial charge in [0, 0.05) is 5.02 Å². The van der Waals surface area contributed by atoms with Gasteiger partial charge in [-0.2, -0.15) is 4.72 Å². The molecule has 2 aromatic rings. The van der Waals surface area contributed by atoms with E-state index in [9.17, 15) is 22.8 Å². The number of esters is 1. The lowest BCUT2D eigenvalue weighted by atomic mass is 10.1. The van der Waals surface area contributed by atoms with Crippen LogP contribution in [0.2, 0.25) is 5.02 Å². The second kappa shape index (κ2) is 9.17. The summed E-state index contributed by atoms with van der Waals surface area (Å²) >= 11 is 5.79. The summed E-state index contributed by atoms with van der Waals surface area (Å²) in [5.74, 6) is -2.13. The third kappa shape index (κ3) is 4.95. The number of nitrogens with one attached hydrogen (secondary N) is 1. The van der Waals surface area contributed by atoms with E-state index in [2.05, 4.69) is 4.72 Å². The van der Waals surface area contributed by atoms with Crippen molar-refractivity contribution in [3.8, 4) is 0 Å². The van der Waals surface area contributed by atoms with E-state index in [1.807, 2.05) is 0 Å². The van der Waals surface area contributed by atoms with Gasteiger partial charge in [0.25, 0.3) is 11.8 Å². The Morgan fingerprint density at radius 3 is 2.10 bits per heavy atom. The Labute approximate surface area is 185 Å². The number of halogens is 1. The molecule has 1 heterocycles. The highest BCUT2D eigenvalue weighted by molar-refractivity contribution is 7.89. The van der Waals surface area contributed by atoms with Gasteiger partial charge in [-0.1, -0.05) is 37.6 Å². The fourth-order valence-corrected chi connectivity index (χ4v) is 4.53. The van der Waals surface area contributed by atoms with Crippen LogP contribution in [0.1, 0.15) is 34.6 Å². The van der Waals surface area contributed by atoms with Crippen molar-refractivity contribution in [2.45, 2.75) is 24.8 Å². The third-order valence-electron chi connectivity index (χ3n) is 4.76. The van der Waals surface area contributed by atoms with Crippen molar-refractivity contribution in [2.75, 3.05) is 13.2 Å². The molecule has 1 atom stereocenters. The average molecular weight is 465 g/mol. The lowest BCUT2D eigenvalue weighted by Gasteiger charge is -2.21. The minimum Gasteiger partial charge on any atom is -0.463 e. The van der Waals surface area contributed by atoms with Gasteiger partial charge in [-0.15, -0.1) is 0 Å². The fourth-order valence-electron chi connectivity index (χ4n) is 3.07. The van der Waals surface area contributed by atoms with Crippen molar-refractivity contribution in [1.29, 1.82) is 0 Å². The van der Waals surface area contributed by atoms with E-state index in [0.29, 0.717) is 16.1 Å². The molecule has 0 bridgehead atoms. The number of carbonyl (C=O) groups is 3. The van der Waals surface area contributed by atoms with Crippen LogP contribution in [0.25, 0.3) is 0 Å². The highest BCUT2D eigenvalue weighted by atomic mass is 35.5. The highest BCUT2D eigenvalue weighted by Gasteiger charge is 2.35. The Morgan fingerprint density at radius 1 is 1.03 bits per heavy atom. The van der Waals surface area contributed by atoms with Gasteiger partial charge >= 0.3 is 5.97 Å². The quantitative estimate of drug-likeness (QED) is 0.474. The van der Waals surface area contributed by atoms with Crippen molar-refractivity contribution in [1.82, 2.24) is 9.62 Å². The van der Waals surface area contributed by atoms with E-state index < -0.39 is 39.8 Å². The lowest BCUT2D eigenvalue weighted by Crippen LogP contribution is -2.46. The number of ether oxygens (including phenoxy) is 1. The smallest absolute Gasteiger partial charge is 0.324 e. The molecule has 164 valence electrons. The molecule has 0 fully saturated rings. The maximum Gasteiger partial charge on any atom is 0.324 e. The van der Waals surface area contributed by atoms with Gasteiger partial charge < -0.3 is 4.74 Å². The van der Waals surface area contributed by atoms with Crippen molar-refractivity contribution in [2.24, 2.45) is 5.92 Å². The molecule has 8 nitrogen and oxygen atoms in total. The standard InChI is InChI=1S/C21H21ClN2O6S/c1-13(2)18(23-31(28,29)15-9-7-14(22)8-10-15)21(27)30-12-11-24-19(25)16-5-3-4-6-17(16)20(24)26/h3-10,13,18,23H,11-12H2,1-2H3. The summed E-state index contributed by atoms with van der Waals surface area (Å²) in [6, 6.07) is 10.8. The number of nitrogens with zero attached hydrogens (tertiary/aromatic N) is 1. The molecule has 3 rings (SSSR count). The molecule has 1 aliphatic rings. The Kier molecular flexibility index (Phi) is 6.78. The minimum absolute atomic E-state index is 0.0404. The van der Waals surface area contributed by atoms with Gasteiger partial charge in [-0.05, 0) is 42.3 Å². The fraction of sp³-hybridized carbons (Fsp3) is 0.286. The average Bonchev–Trinajstić information content (AvgIpc) is 2.97. The zero-order chi connectivity index (χ0) is 22.8. The van der Waals surface area contributed by atoms with Crippen LogP contribution in [0.3, 0.4) is 0 Å². The molecule has 0 radical (unpaired) electrons. The number of benzene rings is 2. The summed E-state index contributed by atoms with van der Waals surface area (Å²) < 4.78 is 32.7. The summed E-state index contributed by atoms with van der Waals surface area (Å²) in [6.45, 7) is 2.95. The molecule has 0 aliphatic carbocycles. The first-order chi connectivity index (χ1) is 14.6. The summed E-state index contributed by atoms with van der Waals surface area (Å²) in [5, 5.41) is 0.381. The van der Waals surface area contributed by atoms with Gasteiger partial charge in [0.2, 0.25) is 10.0 Å². The van der Waals surface area contributed by atoms with E-state index in [1.165, 1.54) is 24.3 Å². The number of fused-ring (bicyclic) bond motifs is 1. The second-order valence-corrected chi connectivity index (χ2v) is 9.42. The van der Waals surface area contributed by atoms with Gasteiger partial charge in [0.15, 0.2) is 0 Å². The Bertz CT molecular complexity index is 1080. The van der Waals surface area contributed by atoms with Crippen LogP contribution < -0.4 is 4.72 Å².